The average molecular weight is 407 g/mol. The highest BCUT2D eigenvalue weighted by Gasteiger charge is 2.23. The highest BCUT2D eigenvalue weighted by Crippen LogP contribution is 2.18. The molecule has 1 aromatic heterocycles. The monoisotopic (exact) mass is 406 g/mol. The van der Waals surface area contributed by atoms with Crippen molar-refractivity contribution in [3.8, 4) is 0 Å². The van der Waals surface area contributed by atoms with Crippen LogP contribution in [0.5, 0.6) is 0 Å². The summed E-state index contributed by atoms with van der Waals surface area (Å²) in [6.45, 7) is 7.29. The Morgan fingerprint density at radius 2 is 2.14 bits per heavy atom. The predicted molar refractivity (Wildman–Crippen MR) is 111 cm³/mol. The molecule has 0 radical (unpaired) electrons. The maximum absolute atomic E-state index is 11.9. The van der Waals surface area contributed by atoms with Gasteiger partial charge in [0, 0.05) is 32.8 Å². The Bertz CT molecular complexity index is 621. The minimum Gasteiger partial charge on any atom is -0.459 e. The number of likely N-dealkylation sites (tertiary alicyclic amines) is 1. The van der Waals surface area contributed by atoms with Crippen LogP contribution in [0, 0.1) is 0 Å². The Hall–Kier alpha value is -2.06. The molecule has 1 amide bonds. The first-order valence-corrected chi connectivity index (χ1v) is 10.8. The Morgan fingerprint density at radius 3 is 2.83 bits per heavy atom. The minimum atomic E-state index is -0.213. The van der Waals surface area contributed by atoms with Gasteiger partial charge >= 0.3 is 0 Å². The number of carbonyl (C=O) groups excluding carboxylic acids is 1. The molecular formula is C21H34N4O4. The van der Waals surface area contributed by atoms with Crippen molar-refractivity contribution in [3.05, 3.63) is 24.2 Å². The van der Waals surface area contributed by atoms with Gasteiger partial charge in [0.1, 0.15) is 0 Å². The van der Waals surface area contributed by atoms with E-state index in [0.29, 0.717) is 31.6 Å². The molecule has 8 nitrogen and oxygen atoms in total. The van der Waals surface area contributed by atoms with Crippen LogP contribution in [0.3, 0.4) is 0 Å². The molecule has 0 spiro atoms. The summed E-state index contributed by atoms with van der Waals surface area (Å²) in [5, 5.41) is 6.17. The van der Waals surface area contributed by atoms with E-state index in [1.165, 1.54) is 19.1 Å². The molecule has 0 saturated carbocycles. The molecule has 2 saturated heterocycles. The first kappa shape index (κ1) is 21.6. The Kier molecular flexibility index (Phi) is 8.82. The summed E-state index contributed by atoms with van der Waals surface area (Å²) in [7, 11) is 0. The second-order valence-electron chi connectivity index (χ2n) is 7.48. The maximum Gasteiger partial charge on any atom is 0.287 e. The Labute approximate surface area is 173 Å². The molecule has 1 atom stereocenters. The molecule has 2 aliphatic heterocycles. The fourth-order valence-corrected chi connectivity index (χ4v) is 3.67. The normalized spacial score (nSPS) is 21.2. The van der Waals surface area contributed by atoms with Crippen molar-refractivity contribution >= 4 is 11.9 Å². The molecule has 3 heterocycles. The van der Waals surface area contributed by atoms with Gasteiger partial charge in [0.2, 0.25) is 0 Å². The molecular weight excluding hydrogens is 372 g/mol. The molecule has 2 fully saturated rings. The van der Waals surface area contributed by atoms with Gasteiger partial charge in [-0.3, -0.25) is 9.79 Å². The van der Waals surface area contributed by atoms with E-state index in [9.17, 15) is 4.79 Å². The van der Waals surface area contributed by atoms with Crippen LogP contribution in [0.1, 0.15) is 49.6 Å². The van der Waals surface area contributed by atoms with Gasteiger partial charge in [-0.15, -0.1) is 0 Å². The number of nitrogens with one attached hydrogen (secondary N) is 2. The summed E-state index contributed by atoms with van der Waals surface area (Å²) in [5.74, 6) is 1.01. The maximum atomic E-state index is 11.9. The van der Waals surface area contributed by atoms with Gasteiger partial charge in [-0.25, -0.2) is 0 Å². The van der Waals surface area contributed by atoms with Gasteiger partial charge in [0.05, 0.1) is 31.6 Å². The highest BCUT2D eigenvalue weighted by molar-refractivity contribution is 5.91. The third-order valence-electron chi connectivity index (χ3n) is 5.27. The summed E-state index contributed by atoms with van der Waals surface area (Å²) >= 11 is 0. The molecule has 2 N–H and O–H groups in total. The molecule has 1 aromatic rings. The van der Waals surface area contributed by atoms with Crippen LogP contribution in [0.4, 0.5) is 0 Å². The van der Waals surface area contributed by atoms with Crippen molar-refractivity contribution in [1.82, 2.24) is 15.5 Å². The van der Waals surface area contributed by atoms with Gasteiger partial charge < -0.3 is 29.4 Å². The van der Waals surface area contributed by atoms with Crippen molar-refractivity contribution in [3.63, 3.8) is 0 Å². The van der Waals surface area contributed by atoms with Crippen LogP contribution >= 0.6 is 0 Å². The molecule has 1 unspecified atom stereocenters. The van der Waals surface area contributed by atoms with Crippen LogP contribution in [-0.4, -0.2) is 74.9 Å². The van der Waals surface area contributed by atoms with Gasteiger partial charge in [0.25, 0.3) is 5.91 Å². The molecule has 162 valence electrons. The van der Waals surface area contributed by atoms with Crippen molar-refractivity contribution in [2.24, 2.45) is 4.99 Å². The number of amides is 1. The first-order chi connectivity index (χ1) is 14.3. The number of hydrogen-bond donors (Lipinski definition) is 2. The number of guanidine groups is 1. The fraction of sp³-hybridized carbons (Fsp3) is 0.714. The summed E-state index contributed by atoms with van der Waals surface area (Å²) in [4.78, 5) is 18.8. The van der Waals surface area contributed by atoms with Gasteiger partial charge in [-0.05, 0) is 51.2 Å². The second kappa shape index (κ2) is 11.8. The molecule has 8 heteroatoms. The molecule has 29 heavy (non-hydrogen) atoms. The SMILES string of the molecule is CCNC(=NCCNC(=O)c1ccco1)N1CCC(OCC2CCCCO2)CC1. The Balaban J connectivity index is 1.37. The number of nitrogens with zero attached hydrogens (tertiary/aromatic N) is 2. The molecule has 3 rings (SSSR count). The van der Waals surface area contributed by atoms with E-state index in [2.05, 4.69) is 27.4 Å². The molecule has 0 aromatic carbocycles. The standard InChI is InChI=1S/C21H34N4O4/c1-2-22-21(24-11-10-23-20(26)19-7-5-15-28-19)25-12-8-17(9-13-25)29-16-18-6-3-4-14-27-18/h5,7,15,17-18H,2-4,6,8-14,16H2,1H3,(H,22,24)(H,23,26). The lowest BCUT2D eigenvalue weighted by Gasteiger charge is -2.35. The topological polar surface area (TPSA) is 88.3 Å². The number of aliphatic imine (C=N–C) groups is 1. The van der Waals surface area contributed by atoms with Crippen molar-refractivity contribution in [1.29, 1.82) is 0 Å². The zero-order valence-corrected chi connectivity index (χ0v) is 17.4. The third-order valence-corrected chi connectivity index (χ3v) is 5.27. The van der Waals surface area contributed by atoms with Crippen LogP contribution in [0.25, 0.3) is 0 Å². The predicted octanol–water partition coefficient (Wildman–Crippen LogP) is 2.02. The number of piperidine rings is 1. The van der Waals surface area contributed by atoms with Crippen LogP contribution in [0.2, 0.25) is 0 Å². The highest BCUT2D eigenvalue weighted by atomic mass is 16.5. The lowest BCUT2D eigenvalue weighted by molar-refractivity contribution is -0.0721. The number of ether oxygens (including phenoxy) is 2. The Morgan fingerprint density at radius 1 is 1.28 bits per heavy atom. The lowest BCUT2D eigenvalue weighted by Crippen LogP contribution is -2.47. The molecule has 0 aliphatic carbocycles. The van der Waals surface area contributed by atoms with E-state index < -0.39 is 0 Å². The minimum absolute atomic E-state index is 0.213. The van der Waals surface area contributed by atoms with E-state index in [-0.39, 0.29) is 12.0 Å². The number of hydrogen-bond acceptors (Lipinski definition) is 5. The van der Waals surface area contributed by atoms with E-state index in [1.54, 1.807) is 12.1 Å². The second-order valence-corrected chi connectivity index (χ2v) is 7.48. The largest absolute Gasteiger partial charge is 0.459 e. The summed E-state index contributed by atoms with van der Waals surface area (Å²) in [6.07, 6.45) is 7.59. The molecule has 2 aliphatic rings. The van der Waals surface area contributed by atoms with E-state index >= 15 is 0 Å². The van der Waals surface area contributed by atoms with Crippen molar-refractivity contribution < 1.29 is 18.7 Å². The number of furan rings is 1. The van der Waals surface area contributed by atoms with E-state index in [4.69, 9.17) is 13.9 Å². The van der Waals surface area contributed by atoms with Gasteiger partial charge in [-0.2, -0.15) is 0 Å². The lowest BCUT2D eigenvalue weighted by atomic mass is 10.1. The van der Waals surface area contributed by atoms with Crippen LogP contribution in [0.15, 0.2) is 27.8 Å². The van der Waals surface area contributed by atoms with Crippen molar-refractivity contribution in [2.75, 3.05) is 45.9 Å². The third kappa shape index (κ3) is 7.04. The quantitative estimate of drug-likeness (QED) is 0.390. The summed E-state index contributed by atoms with van der Waals surface area (Å²) in [5.41, 5.74) is 0. The number of rotatable bonds is 8. The van der Waals surface area contributed by atoms with Crippen molar-refractivity contribution in [2.45, 2.75) is 51.2 Å². The van der Waals surface area contributed by atoms with E-state index in [1.807, 2.05) is 0 Å². The fourth-order valence-electron chi connectivity index (χ4n) is 3.67. The molecule has 0 bridgehead atoms. The number of carbonyl (C=O) groups is 1. The van der Waals surface area contributed by atoms with Gasteiger partial charge in [0.15, 0.2) is 11.7 Å². The zero-order chi connectivity index (χ0) is 20.3. The zero-order valence-electron chi connectivity index (χ0n) is 17.4. The van der Waals surface area contributed by atoms with Crippen LogP contribution in [-0.2, 0) is 9.47 Å². The smallest absolute Gasteiger partial charge is 0.287 e. The van der Waals surface area contributed by atoms with Gasteiger partial charge in [-0.1, -0.05) is 0 Å². The van der Waals surface area contributed by atoms with Crippen LogP contribution < -0.4 is 10.6 Å². The average Bonchev–Trinajstić information content (AvgIpc) is 3.31. The summed E-state index contributed by atoms with van der Waals surface area (Å²) < 4.78 is 16.9. The summed E-state index contributed by atoms with van der Waals surface area (Å²) in [6, 6.07) is 3.35. The first-order valence-electron chi connectivity index (χ1n) is 10.8. The van der Waals surface area contributed by atoms with E-state index in [0.717, 1.165) is 51.5 Å².